The van der Waals surface area contributed by atoms with Crippen LogP contribution >= 0.6 is 0 Å². The highest BCUT2D eigenvalue weighted by molar-refractivity contribution is 5.77. The predicted molar refractivity (Wildman–Crippen MR) is 106 cm³/mol. The van der Waals surface area contributed by atoms with Crippen LogP contribution in [0.4, 0.5) is 4.39 Å². The lowest BCUT2D eigenvalue weighted by atomic mass is 9.72. The number of likely N-dealkylation sites (tertiary alicyclic amines) is 2. The molecular formula is C22H29FN4O. The van der Waals surface area contributed by atoms with Crippen LogP contribution in [0.5, 0.6) is 0 Å². The lowest BCUT2D eigenvalue weighted by Gasteiger charge is -2.47. The van der Waals surface area contributed by atoms with Crippen LogP contribution < -0.4 is 0 Å². The number of amides is 1. The lowest BCUT2D eigenvalue weighted by molar-refractivity contribution is -0.139. The fourth-order valence-electron chi connectivity index (χ4n) is 4.65. The van der Waals surface area contributed by atoms with Crippen LogP contribution in [0, 0.1) is 18.2 Å². The first-order chi connectivity index (χ1) is 13.5. The summed E-state index contributed by atoms with van der Waals surface area (Å²) in [7, 11) is 0. The number of halogens is 1. The van der Waals surface area contributed by atoms with E-state index >= 15 is 0 Å². The number of aromatic amines is 1. The van der Waals surface area contributed by atoms with E-state index in [0.717, 1.165) is 69.7 Å². The molecule has 1 spiro atoms. The van der Waals surface area contributed by atoms with Crippen molar-refractivity contribution in [2.45, 2.75) is 45.6 Å². The van der Waals surface area contributed by atoms with Gasteiger partial charge >= 0.3 is 0 Å². The molecule has 2 fully saturated rings. The van der Waals surface area contributed by atoms with E-state index in [4.69, 9.17) is 0 Å². The van der Waals surface area contributed by atoms with Crippen LogP contribution in [0.1, 0.15) is 42.5 Å². The maximum Gasteiger partial charge on any atom is 0.222 e. The Kier molecular flexibility index (Phi) is 5.49. The third-order valence-electron chi connectivity index (χ3n) is 6.57. The molecule has 2 aliphatic rings. The summed E-state index contributed by atoms with van der Waals surface area (Å²) >= 11 is 0. The van der Waals surface area contributed by atoms with Crippen LogP contribution in [0.2, 0.25) is 0 Å². The minimum absolute atomic E-state index is 0.166. The van der Waals surface area contributed by atoms with Crippen molar-refractivity contribution in [2.24, 2.45) is 5.41 Å². The normalized spacial score (nSPS) is 20.1. The highest BCUT2D eigenvalue weighted by Gasteiger charge is 2.40. The Labute approximate surface area is 165 Å². The molecule has 0 radical (unpaired) electrons. The van der Waals surface area contributed by atoms with Crippen LogP contribution in [0.25, 0.3) is 0 Å². The van der Waals surface area contributed by atoms with E-state index in [9.17, 15) is 9.18 Å². The van der Waals surface area contributed by atoms with Gasteiger partial charge in [0.05, 0.1) is 6.33 Å². The van der Waals surface area contributed by atoms with Gasteiger partial charge in [-0.1, -0.05) is 6.07 Å². The van der Waals surface area contributed by atoms with Crippen LogP contribution in [0.3, 0.4) is 0 Å². The molecule has 0 saturated carbocycles. The van der Waals surface area contributed by atoms with Gasteiger partial charge in [-0.2, -0.15) is 0 Å². The zero-order valence-electron chi connectivity index (χ0n) is 16.6. The first-order valence-corrected chi connectivity index (χ1v) is 10.3. The van der Waals surface area contributed by atoms with Crippen molar-refractivity contribution in [3.63, 3.8) is 0 Å². The van der Waals surface area contributed by atoms with E-state index < -0.39 is 0 Å². The second kappa shape index (κ2) is 8.03. The number of imidazole rings is 1. The number of H-pyrrole nitrogens is 1. The zero-order valence-corrected chi connectivity index (χ0v) is 16.6. The summed E-state index contributed by atoms with van der Waals surface area (Å²) < 4.78 is 13.3. The predicted octanol–water partition coefficient (Wildman–Crippen LogP) is 3.30. The lowest BCUT2D eigenvalue weighted by Crippen LogP contribution is -2.51. The molecule has 2 saturated heterocycles. The molecular weight excluding hydrogens is 355 g/mol. The minimum Gasteiger partial charge on any atom is -0.348 e. The number of carbonyl (C=O) groups excluding carboxylic acids is 1. The fraction of sp³-hybridized carbons (Fsp3) is 0.545. The average Bonchev–Trinajstić information content (AvgIpc) is 3.20. The first-order valence-electron chi connectivity index (χ1n) is 10.3. The maximum atomic E-state index is 13.3. The smallest absolute Gasteiger partial charge is 0.222 e. The number of hydrogen-bond acceptors (Lipinski definition) is 3. The third-order valence-corrected chi connectivity index (χ3v) is 6.57. The van der Waals surface area contributed by atoms with Gasteiger partial charge in [0.2, 0.25) is 5.91 Å². The molecule has 0 atom stereocenters. The molecule has 28 heavy (non-hydrogen) atoms. The molecule has 3 heterocycles. The molecule has 1 amide bonds. The van der Waals surface area contributed by atoms with Crippen LogP contribution in [0.15, 0.2) is 30.7 Å². The summed E-state index contributed by atoms with van der Waals surface area (Å²) in [4.78, 5) is 24.1. The number of benzene rings is 1. The molecule has 2 aliphatic heterocycles. The summed E-state index contributed by atoms with van der Waals surface area (Å²) in [6, 6.07) is 5.08. The molecule has 0 unspecified atom stereocenters. The molecule has 6 heteroatoms. The van der Waals surface area contributed by atoms with Gasteiger partial charge in [0.1, 0.15) is 5.82 Å². The van der Waals surface area contributed by atoms with Crippen LogP contribution in [-0.4, -0.2) is 51.9 Å². The highest BCUT2D eigenvalue weighted by Crippen LogP contribution is 2.40. The molecule has 0 bridgehead atoms. The Bertz CT molecular complexity index is 812. The second-order valence-electron chi connectivity index (χ2n) is 8.49. The Balaban J connectivity index is 1.33. The quantitative estimate of drug-likeness (QED) is 0.861. The van der Waals surface area contributed by atoms with Crippen molar-refractivity contribution in [2.75, 3.05) is 26.2 Å². The molecule has 1 aromatic carbocycles. The van der Waals surface area contributed by atoms with Gasteiger partial charge in [0.15, 0.2) is 0 Å². The van der Waals surface area contributed by atoms with E-state index in [-0.39, 0.29) is 17.1 Å². The Morgan fingerprint density at radius 2 is 2.07 bits per heavy atom. The summed E-state index contributed by atoms with van der Waals surface area (Å²) in [5.41, 5.74) is 3.57. The number of aryl methyl sites for hydroxylation is 1. The van der Waals surface area contributed by atoms with Crippen molar-refractivity contribution >= 4 is 5.91 Å². The molecule has 2 aromatic rings. The van der Waals surface area contributed by atoms with Gasteiger partial charge in [-0.25, -0.2) is 9.37 Å². The largest absolute Gasteiger partial charge is 0.348 e. The molecule has 1 N–H and O–H groups in total. The molecule has 1 aromatic heterocycles. The van der Waals surface area contributed by atoms with Gasteiger partial charge in [0, 0.05) is 44.4 Å². The van der Waals surface area contributed by atoms with Gasteiger partial charge < -0.3 is 9.88 Å². The van der Waals surface area contributed by atoms with Crippen molar-refractivity contribution in [3.8, 4) is 0 Å². The number of carbonyl (C=O) groups is 1. The molecule has 150 valence electrons. The first kappa shape index (κ1) is 19.1. The summed E-state index contributed by atoms with van der Waals surface area (Å²) in [6.45, 7) is 6.59. The molecule has 4 rings (SSSR count). The van der Waals surface area contributed by atoms with Crippen molar-refractivity contribution in [3.05, 3.63) is 53.4 Å². The topological polar surface area (TPSA) is 52.2 Å². The number of rotatable bonds is 5. The number of aromatic nitrogens is 2. The number of hydrogen-bond donors (Lipinski definition) is 1. The minimum atomic E-state index is -0.166. The van der Waals surface area contributed by atoms with Crippen molar-refractivity contribution in [1.82, 2.24) is 19.8 Å². The number of nitrogens with one attached hydrogen (secondary N) is 1. The molecule has 0 aliphatic carbocycles. The Hall–Kier alpha value is -2.21. The van der Waals surface area contributed by atoms with E-state index in [1.807, 2.05) is 19.2 Å². The monoisotopic (exact) mass is 384 g/mol. The summed E-state index contributed by atoms with van der Waals surface area (Å²) in [5, 5.41) is 0. The number of nitrogens with zero attached hydrogens (tertiary/aromatic N) is 3. The molecule has 5 nitrogen and oxygen atoms in total. The fourth-order valence-corrected chi connectivity index (χ4v) is 4.65. The van der Waals surface area contributed by atoms with Crippen molar-refractivity contribution in [1.29, 1.82) is 0 Å². The van der Waals surface area contributed by atoms with E-state index in [1.165, 1.54) is 5.56 Å². The Morgan fingerprint density at radius 3 is 2.79 bits per heavy atom. The van der Waals surface area contributed by atoms with Gasteiger partial charge in [-0.05, 0) is 68.0 Å². The standard InChI is InChI=1S/C22H29FN4O/c1-17-12-19(23)3-2-18(17)14-26-10-7-22(8-11-26)6-4-21(28)27(15-22)9-5-20-13-24-16-25-20/h2-3,12-13,16H,4-11,14-15H2,1H3,(H,24,25). The summed E-state index contributed by atoms with van der Waals surface area (Å²) in [6.07, 6.45) is 8.28. The van der Waals surface area contributed by atoms with Gasteiger partial charge in [0.25, 0.3) is 0 Å². The summed E-state index contributed by atoms with van der Waals surface area (Å²) in [5.74, 6) is 0.121. The third kappa shape index (κ3) is 4.27. The van der Waals surface area contributed by atoms with E-state index in [0.29, 0.717) is 6.42 Å². The van der Waals surface area contributed by atoms with Gasteiger partial charge in [-0.15, -0.1) is 0 Å². The average molecular weight is 384 g/mol. The maximum absolute atomic E-state index is 13.3. The SMILES string of the molecule is Cc1cc(F)ccc1CN1CCC2(CCC(=O)N(CCc3cnc[nH]3)C2)CC1. The van der Waals surface area contributed by atoms with Crippen LogP contribution in [-0.2, 0) is 17.8 Å². The van der Waals surface area contributed by atoms with Gasteiger partial charge in [-0.3, -0.25) is 9.69 Å². The van der Waals surface area contributed by atoms with E-state index in [2.05, 4.69) is 19.8 Å². The highest BCUT2D eigenvalue weighted by atomic mass is 19.1. The second-order valence-corrected chi connectivity index (χ2v) is 8.49. The Morgan fingerprint density at radius 1 is 1.25 bits per heavy atom. The zero-order chi connectivity index (χ0) is 19.6. The van der Waals surface area contributed by atoms with E-state index in [1.54, 1.807) is 18.5 Å². The van der Waals surface area contributed by atoms with Crippen molar-refractivity contribution < 1.29 is 9.18 Å². The number of piperidine rings is 2.